The predicted molar refractivity (Wildman–Crippen MR) is 63.7 cm³/mol. The second-order valence-corrected chi connectivity index (χ2v) is 4.69. The molecule has 10 heteroatoms. The van der Waals surface area contributed by atoms with Crippen molar-refractivity contribution in [2.45, 2.75) is 25.2 Å². The van der Waals surface area contributed by atoms with Crippen LogP contribution >= 0.6 is 11.6 Å². The average Bonchev–Trinajstić information content (AvgIpc) is 2.39. The van der Waals surface area contributed by atoms with Crippen molar-refractivity contribution < 1.29 is 26.3 Å². The van der Waals surface area contributed by atoms with Gasteiger partial charge in [0.1, 0.15) is 0 Å². The van der Waals surface area contributed by atoms with Crippen molar-refractivity contribution in [2.75, 3.05) is 13.1 Å². The molecule has 120 valence electrons. The molecular formula is C11H12ClF6N3. The molecule has 3 nitrogen and oxygen atoms in total. The van der Waals surface area contributed by atoms with E-state index in [4.69, 9.17) is 11.6 Å². The third kappa shape index (κ3) is 6.47. The van der Waals surface area contributed by atoms with E-state index < -0.39 is 24.0 Å². The Labute approximate surface area is 121 Å². The number of alkyl halides is 6. The molecule has 1 aliphatic heterocycles. The van der Waals surface area contributed by atoms with Gasteiger partial charge in [-0.3, -0.25) is 0 Å². The lowest BCUT2D eigenvalue weighted by Crippen LogP contribution is -2.35. The third-order valence-corrected chi connectivity index (χ3v) is 2.93. The molecule has 1 fully saturated rings. The van der Waals surface area contributed by atoms with E-state index >= 15 is 0 Å². The van der Waals surface area contributed by atoms with Crippen LogP contribution in [0.1, 0.15) is 18.5 Å². The SMILES string of the molecule is FC(F)(F)C1CCNCC1.FC(F)(F)c1ccc(Cl)nn1. The number of nitrogens with one attached hydrogen (secondary N) is 1. The predicted octanol–water partition coefficient (Wildman–Crippen LogP) is 3.70. The first-order valence-electron chi connectivity index (χ1n) is 5.94. The van der Waals surface area contributed by atoms with Crippen molar-refractivity contribution in [1.29, 1.82) is 0 Å². The van der Waals surface area contributed by atoms with E-state index in [1.54, 1.807) is 0 Å². The lowest BCUT2D eigenvalue weighted by molar-refractivity contribution is -0.180. The van der Waals surface area contributed by atoms with E-state index in [0.29, 0.717) is 13.1 Å². The molecule has 1 aliphatic rings. The summed E-state index contributed by atoms with van der Waals surface area (Å²) in [6, 6.07) is 1.81. The van der Waals surface area contributed by atoms with E-state index in [9.17, 15) is 26.3 Å². The maximum absolute atomic E-state index is 11.9. The van der Waals surface area contributed by atoms with Gasteiger partial charge in [0.15, 0.2) is 10.8 Å². The first-order valence-corrected chi connectivity index (χ1v) is 6.32. The van der Waals surface area contributed by atoms with Crippen LogP contribution in [0, 0.1) is 5.92 Å². The fraction of sp³-hybridized carbons (Fsp3) is 0.636. The molecule has 1 saturated heterocycles. The molecule has 0 radical (unpaired) electrons. The standard InChI is InChI=1S/C6H10F3N.C5H2ClF3N2/c7-6(8,9)5-1-3-10-4-2-5;6-4-2-1-3(10-11-4)5(7,8)9/h5,10H,1-4H2;1-2H. The first kappa shape index (κ1) is 18.0. The van der Waals surface area contributed by atoms with Crippen LogP contribution in [-0.2, 0) is 6.18 Å². The van der Waals surface area contributed by atoms with E-state index in [-0.39, 0.29) is 18.0 Å². The molecule has 0 amide bonds. The summed E-state index contributed by atoms with van der Waals surface area (Å²) in [5, 5.41) is 8.71. The van der Waals surface area contributed by atoms with Crippen LogP contribution in [0.15, 0.2) is 12.1 Å². The van der Waals surface area contributed by atoms with E-state index in [2.05, 4.69) is 15.5 Å². The maximum Gasteiger partial charge on any atom is 0.435 e. The molecule has 1 N–H and O–H groups in total. The Morgan fingerprint density at radius 1 is 1.00 bits per heavy atom. The van der Waals surface area contributed by atoms with Crippen LogP contribution in [-0.4, -0.2) is 29.5 Å². The quantitative estimate of drug-likeness (QED) is 0.735. The number of piperidine rings is 1. The van der Waals surface area contributed by atoms with Crippen molar-refractivity contribution in [3.8, 4) is 0 Å². The highest BCUT2D eigenvalue weighted by Crippen LogP contribution is 2.32. The van der Waals surface area contributed by atoms with Gasteiger partial charge in [0.2, 0.25) is 0 Å². The zero-order chi connectivity index (χ0) is 16.1. The van der Waals surface area contributed by atoms with Gasteiger partial charge < -0.3 is 5.32 Å². The largest absolute Gasteiger partial charge is 0.435 e. The van der Waals surface area contributed by atoms with E-state index in [0.717, 1.165) is 12.1 Å². The Kier molecular flexibility index (Phi) is 6.21. The zero-order valence-electron chi connectivity index (χ0n) is 10.6. The molecule has 0 bridgehead atoms. The lowest BCUT2D eigenvalue weighted by Gasteiger charge is -2.24. The molecule has 0 saturated carbocycles. The highest BCUT2D eigenvalue weighted by atomic mass is 35.5. The summed E-state index contributed by atoms with van der Waals surface area (Å²) >= 11 is 5.22. The Bertz CT molecular complexity index is 425. The van der Waals surface area contributed by atoms with Crippen LogP contribution in [0.2, 0.25) is 5.15 Å². The minimum atomic E-state index is -4.45. The maximum atomic E-state index is 11.9. The Morgan fingerprint density at radius 3 is 1.90 bits per heavy atom. The molecule has 0 aliphatic carbocycles. The van der Waals surface area contributed by atoms with Gasteiger partial charge in [-0.05, 0) is 38.1 Å². The molecule has 1 aromatic heterocycles. The Balaban J connectivity index is 0.000000211. The second-order valence-electron chi connectivity index (χ2n) is 4.30. The first-order chi connectivity index (χ1) is 9.60. The fourth-order valence-electron chi connectivity index (χ4n) is 1.62. The van der Waals surface area contributed by atoms with Crippen LogP contribution < -0.4 is 5.32 Å². The number of hydrogen-bond acceptors (Lipinski definition) is 3. The summed E-state index contributed by atoms with van der Waals surface area (Å²) in [4.78, 5) is 0. The Hall–Kier alpha value is -1.09. The molecule has 1 aromatic rings. The van der Waals surface area contributed by atoms with Crippen molar-refractivity contribution in [3.05, 3.63) is 23.0 Å². The average molecular weight is 336 g/mol. The number of rotatable bonds is 0. The summed E-state index contributed by atoms with van der Waals surface area (Å²) in [5.74, 6) is -1.06. The minimum Gasteiger partial charge on any atom is -0.317 e. The lowest BCUT2D eigenvalue weighted by atomic mass is 9.98. The summed E-state index contributed by atoms with van der Waals surface area (Å²) in [5.41, 5.74) is -1.04. The normalized spacial score (nSPS) is 17.1. The third-order valence-electron chi connectivity index (χ3n) is 2.72. The van der Waals surface area contributed by atoms with Gasteiger partial charge in [-0.15, -0.1) is 10.2 Å². The summed E-state index contributed by atoms with van der Waals surface area (Å²) in [6.07, 6.45) is -7.94. The molecule has 2 rings (SSSR count). The monoisotopic (exact) mass is 335 g/mol. The van der Waals surface area contributed by atoms with E-state index in [1.807, 2.05) is 0 Å². The number of halogens is 7. The van der Waals surface area contributed by atoms with Gasteiger partial charge in [-0.1, -0.05) is 11.6 Å². The number of hydrogen-bond donors (Lipinski definition) is 1. The molecule has 2 heterocycles. The van der Waals surface area contributed by atoms with Crippen LogP contribution in [0.25, 0.3) is 0 Å². The molecule has 0 unspecified atom stereocenters. The zero-order valence-corrected chi connectivity index (χ0v) is 11.4. The van der Waals surface area contributed by atoms with E-state index in [1.165, 1.54) is 0 Å². The van der Waals surface area contributed by atoms with Crippen LogP contribution in [0.5, 0.6) is 0 Å². The van der Waals surface area contributed by atoms with Crippen molar-refractivity contribution in [2.24, 2.45) is 5.92 Å². The van der Waals surface area contributed by atoms with Gasteiger partial charge >= 0.3 is 12.4 Å². The smallest absolute Gasteiger partial charge is 0.317 e. The summed E-state index contributed by atoms with van der Waals surface area (Å²) in [7, 11) is 0. The highest BCUT2D eigenvalue weighted by Gasteiger charge is 2.39. The molecule has 0 spiro atoms. The van der Waals surface area contributed by atoms with Crippen LogP contribution in [0.4, 0.5) is 26.3 Å². The number of nitrogens with zero attached hydrogens (tertiary/aromatic N) is 2. The fourth-order valence-corrected chi connectivity index (χ4v) is 1.72. The van der Waals surface area contributed by atoms with Crippen molar-refractivity contribution in [1.82, 2.24) is 15.5 Å². The highest BCUT2D eigenvalue weighted by molar-refractivity contribution is 6.29. The molecule has 0 atom stereocenters. The summed E-state index contributed by atoms with van der Waals surface area (Å²) in [6.45, 7) is 1.01. The second kappa shape index (κ2) is 7.26. The topological polar surface area (TPSA) is 37.8 Å². The van der Waals surface area contributed by atoms with Crippen molar-refractivity contribution >= 4 is 11.6 Å². The van der Waals surface area contributed by atoms with Gasteiger partial charge in [-0.2, -0.15) is 26.3 Å². The van der Waals surface area contributed by atoms with Gasteiger partial charge in [-0.25, -0.2) is 0 Å². The van der Waals surface area contributed by atoms with Crippen molar-refractivity contribution in [3.63, 3.8) is 0 Å². The molecular weight excluding hydrogens is 324 g/mol. The minimum absolute atomic E-state index is 0.0574. The van der Waals surface area contributed by atoms with Gasteiger partial charge in [0, 0.05) is 0 Å². The Morgan fingerprint density at radius 2 is 1.57 bits per heavy atom. The van der Waals surface area contributed by atoms with Gasteiger partial charge in [0.05, 0.1) is 5.92 Å². The summed E-state index contributed by atoms with van der Waals surface area (Å²) < 4.78 is 71.1. The number of aromatic nitrogens is 2. The molecule has 21 heavy (non-hydrogen) atoms. The molecule has 0 aromatic carbocycles. The van der Waals surface area contributed by atoms with Gasteiger partial charge in [0.25, 0.3) is 0 Å². The van der Waals surface area contributed by atoms with Crippen LogP contribution in [0.3, 0.4) is 0 Å².